The van der Waals surface area contributed by atoms with Gasteiger partial charge in [0.2, 0.25) is 0 Å². The predicted octanol–water partition coefficient (Wildman–Crippen LogP) is 2.05. The Bertz CT molecular complexity index is 613. The molecule has 1 aromatic carbocycles. The molecule has 0 amide bonds. The third kappa shape index (κ3) is 1.77. The molecular weight excluding hydrogens is 240 g/mol. The number of nitrogens with zero attached hydrogens (tertiary/aromatic N) is 2. The minimum atomic E-state index is -1.26. The highest BCUT2D eigenvalue weighted by molar-refractivity contribution is 5.76. The van der Waals surface area contributed by atoms with E-state index in [2.05, 4.69) is 9.98 Å². The fourth-order valence-electron chi connectivity index (χ4n) is 2.44. The van der Waals surface area contributed by atoms with E-state index in [1.807, 2.05) is 36.4 Å². The third-order valence-electron chi connectivity index (χ3n) is 3.41. The molecule has 2 unspecified atom stereocenters. The van der Waals surface area contributed by atoms with E-state index in [1.165, 1.54) is 0 Å². The lowest BCUT2D eigenvalue weighted by atomic mass is 9.81. The number of aliphatic imine (C=N–C) groups is 1. The summed E-state index contributed by atoms with van der Waals surface area (Å²) >= 11 is 0. The van der Waals surface area contributed by atoms with E-state index >= 15 is 0 Å². The summed E-state index contributed by atoms with van der Waals surface area (Å²) in [5, 5.41) is 11.2. The number of hydrogen-bond acceptors (Lipinski definition) is 4. The maximum atomic E-state index is 11.2. The zero-order chi connectivity index (χ0) is 13.3. The molecule has 1 N–H and O–H groups in total. The van der Waals surface area contributed by atoms with Crippen molar-refractivity contribution in [2.45, 2.75) is 11.7 Å². The number of methoxy groups -OCH3 is 1. The molecule has 2 atom stereocenters. The van der Waals surface area contributed by atoms with Gasteiger partial charge in [0.1, 0.15) is 11.7 Å². The summed E-state index contributed by atoms with van der Waals surface area (Å²) in [6, 6.07) is 13.1. The number of pyridine rings is 1. The van der Waals surface area contributed by atoms with E-state index in [4.69, 9.17) is 4.74 Å². The van der Waals surface area contributed by atoms with Gasteiger partial charge in [-0.25, -0.2) is 9.98 Å². The van der Waals surface area contributed by atoms with Crippen LogP contribution >= 0.6 is 0 Å². The van der Waals surface area contributed by atoms with Gasteiger partial charge in [-0.2, -0.15) is 0 Å². The largest absolute Gasteiger partial charge is 0.377 e. The molecule has 2 aromatic rings. The molecule has 19 heavy (non-hydrogen) atoms. The topological polar surface area (TPSA) is 54.7 Å². The Balaban J connectivity index is 2.24. The highest BCUT2D eigenvalue weighted by Crippen LogP contribution is 2.40. The van der Waals surface area contributed by atoms with Gasteiger partial charge >= 0.3 is 0 Å². The molecule has 0 fully saturated rings. The second-order valence-electron chi connectivity index (χ2n) is 4.44. The number of hydrogen-bond donors (Lipinski definition) is 1. The van der Waals surface area contributed by atoms with Crippen molar-refractivity contribution in [2.24, 2.45) is 4.99 Å². The van der Waals surface area contributed by atoms with Gasteiger partial charge in [-0.05, 0) is 11.6 Å². The second kappa shape index (κ2) is 4.57. The van der Waals surface area contributed by atoms with Crippen LogP contribution < -0.4 is 0 Å². The molecule has 1 aromatic heterocycles. The number of benzene rings is 1. The molecule has 0 bridgehead atoms. The Hall–Kier alpha value is -2.04. The van der Waals surface area contributed by atoms with Crippen molar-refractivity contribution in [2.75, 3.05) is 7.11 Å². The summed E-state index contributed by atoms with van der Waals surface area (Å²) in [6.45, 7) is 0. The first kappa shape index (κ1) is 12.0. The summed E-state index contributed by atoms with van der Waals surface area (Å²) in [6.07, 6.45) is 2.73. The average Bonchev–Trinajstić information content (AvgIpc) is 2.49. The molecule has 0 aliphatic carbocycles. The second-order valence-corrected chi connectivity index (χ2v) is 4.44. The van der Waals surface area contributed by atoms with Crippen molar-refractivity contribution in [1.29, 1.82) is 0 Å². The zero-order valence-electron chi connectivity index (χ0n) is 10.5. The van der Waals surface area contributed by atoms with Gasteiger partial charge in [0.05, 0.1) is 0 Å². The molecule has 1 aliphatic rings. The first-order valence-electron chi connectivity index (χ1n) is 6.07. The van der Waals surface area contributed by atoms with Crippen LogP contribution in [0.25, 0.3) is 0 Å². The molecule has 3 rings (SSSR count). The highest BCUT2D eigenvalue weighted by atomic mass is 16.5. The fourth-order valence-corrected chi connectivity index (χ4v) is 2.44. The normalized spacial score (nSPS) is 25.1. The number of rotatable bonds is 2. The lowest BCUT2D eigenvalue weighted by Gasteiger charge is -2.36. The van der Waals surface area contributed by atoms with Gasteiger partial charge in [-0.3, -0.25) is 0 Å². The molecule has 4 nitrogen and oxygen atoms in total. The number of aromatic nitrogens is 1. The monoisotopic (exact) mass is 254 g/mol. The average molecular weight is 254 g/mol. The maximum absolute atomic E-state index is 11.2. The molecule has 96 valence electrons. The number of ether oxygens (including phenoxy) is 1. The number of aliphatic hydroxyl groups is 1. The standard InChI is InChI=1S/C15H14N2O2/c1-19-13-10-17-14-12(8-5-9-16-14)15(13,18)11-6-3-2-4-7-11/h2-10,13,18H,1H3. The molecule has 0 spiro atoms. The van der Waals surface area contributed by atoms with Gasteiger partial charge in [0, 0.05) is 25.1 Å². The Morgan fingerprint density at radius 2 is 1.95 bits per heavy atom. The van der Waals surface area contributed by atoms with Gasteiger partial charge in [-0.15, -0.1) is 0 Å². The molecule has 4 heteroatoms. The van der Waals surface area contributed by atoms with Crippen LogP contribution in [0.15, 0.2) is 53.7 Å². The van der Waals surface area contributed by atoms with Crippen LogP contribution in [-0.4, -0.2) is 29.5 Å². The Kier molecular flexibility index (Phi) is 2.89. The van der Waals surface area contributed by atoms with Crippen molar-refractivity contribution >= 4 is 12.0 Å². The van der Waals surface area contributed by atoms with E-state index < -0.39 is 11.7 Å². The van der Waals surface area contributed by atoms with Gasteiger partial charge < -0.3 is 9.84 Å². The smallest absolute Gasteiger partial charge is 0.158 e. The quantitative estimate of drug-likeness (QED) is 0.892. The molecule has 0 saturated carbocycles. The minimum absolute atomic E-state index is 0.530. The van der Waals surface area contributed by atoms with Crippen LogP contribution in [-0.2, 0) is 10.3 Å². The van der Waals surface area contributed by atoms with Crippen LogP contribution in [0.1, 0.15) is 11.1 Å². The van der Waals surface area contributed by atoms with Crippen molar-refractivity contribution in [3.8, 4) is 0 Å². The summed E-state index contributed by atoms with van der Waals surface area (Å²) in [5.41, 5.74) is 0.166. The molecule has 0 radical (unpaired) electrons. The van der Waals surface area contributed by atoms with Crippen molar-refractivity contribution in [1.82, 2.24) is 4.98 Å². The minimum Gasteiger partial charge on any atom is -0.377 e. The van der Waals surface area contributed by atoms with Gasteiger partial charge in [0.25, 0.3) is 0 Å². The van der Waals surface area contributed by atoms with E-state index in [-0.39, 0.29) is 0 Å². The predicted molar refractivity (Wildman–Crippen MR) is 72.6 cm³/mol. The Morgan fingerprint density at radius 1 is 1.16 bits per heavy atom. The zero-order valence-corrected chi connectivity index (χ0v) is 10.5. The summed E-state index contributed by atoms with van der Waals surface area (Å²) < 4.78 is 5.39. The van der Waals surface area contributed by atoms with E-state index in [1.54, 1.807) is 25.6 Å². The van der Waals surface area contributed by atoms with Crippen molar-refractivity contribution < 1.29 is 9.84 Å². The van der Waals surface area contributed by atoms with Crippen molar-refractivity contribution in [3.05, 3.63) is 59.8 Å². The lowest BCUT2D eigenvalue weighted by molar-refractivity contribution is -0.0349. The van der Waals surface area contributed by atoms with Crippen LogP contribution in [0, 0.1) is 0 Å². The lowest BCUT2D eigenvalue weighted by Crippen LogP contribution is -2.44. The van der Waals surface area contributed by atoms with Crippen LogP contribution in [0.4, 0.5) is 5.82 Å². The highest BCUT2D eigenvalue weighted by Gasteiger charge is 2.44. The number of fused-ring (bicyclic) bond motifs is 1. The van der Waals surface area contributed by atoms with Gasteiger partial charge in [-0.1, -0.05) is 36.4 Å². The van der Waals surface area contributed by atoms with E-state index in [0.29, 0.717) is 11.4 Å². The first-order valence-corrected chi connectivity index (χ1v) is 6.07. The van der Waals surface area contributed by atoms with E-state index in [0.717, 1.165) is 5.56 Å². The maximum Gasteiger partial charge on any atom is 0.158 e. The van der Waals surface area contributed by atoms with E-state index in [9.17, 15) is 5.11 Å². The van der Waals surface area contributed by atoms with Crippen LogP contribution in [0.2, 0.25) is 0 Å². The fraction of sp³-hybridized carbons (Fsp3) is 0.200. The summed E-state index contributed by atoms with van der Waals surface area (Å²) in [5.74, 6) is 0.530. The molecule has 0 saturated heterocycles. The molecule has 2 heterocycles. The van der Waals surface area contributed by atoms with Crippen LogP contribution in [0.3, 0.4) is 0 Å². The summed E-state index contributed by atoms with van der Waals surface area (Å²) in [4.78, 5) is 8.44. The third-order valence-corrected chi connectivity index (χ3v) is 3.41. The Morgan fingerprint density at radius 3 is 2.68 bits per heavy atom. The first-order chi connectivity index (χ1) is 9.26. The summed E-state index contributed by atoms with van der Waals surface area (Å²) in [7, 11) is 1.56. The SMILES string of the molecule is COC1C=Nc2ncccc2C1(O)c1ccccc1. The molecular formula is C15H14N2O2. The van der Waals surface area contributed by atoms with Gasteiger partial charge in [0.15, 0.2) is 5.82 Å². The van der Waals surface area contributed by atoms with Crippen LogP contribution in [0.5, 0.6) is 0 Å². The van der Waals surface area contributed by atoms with Crippen molar-refractivity contribution in [3.63, 3.8) is 0 Å². The Labute approximate surface area is 111 Å². The molecule has 1 aliphatic heterocycles.